The van der Waals surface area contributed by atoms with Crippen LogP contribution >= 0.6 is 0 Å². The molecule has 1 unspecified atom stereocenters. The maximum atomic E-state index is 12.3. The van der Waals surface area contributed by atoms with Gasteiger partial charge in [0.15, 0.2) is 0 Å². The number of pyridine rings is 1. The summed E-state index contributed by atoms with van der Waals surface area (Å²) in [6.07, 6.45) is 4.30. The van der Waals surface area contributed by atoms with Gasteiger partial charge in [-0.15, -0.1) is 0 Å². The van der Waals surface area contributed by atoms with Crippen molar-refractivity contribution in [3.05, 3.63) is 51.9 Å². The largest absolute Gasteiger partial charge is 0.480 e. The first-order valence-corrected chi connectivity index (χ1v) is 12.6. The van der Waals surface area contributed by atoms with Crippen molar-refractivity contribution in [3.8, 4) is 11.4 Å². The molecular formula is C27H35N5O4. The number of nitrogens with one attached hydrogen (secondary N) is 1. The van der Waals surface area contributed by atoms with Crippen LogP contribution in [-0.4, -0.2) is 55.1 Å². The summed E-state index contributed by atoms with van der Waals surface area (Å²) in [5.74, 6) is 0.307. The number of rotatable bonds is 8. The lowest BCUT2D eigenvalue weighted by molar-refractivity contribution is -0.139. The Morgan fingerprint density at radius 1 is 1.28 bits per heavy atom. The first-order chi connectivity index (χ1) is 17.2. The molecule has 2 atom stereocenters. The molecule has 0 radical (unpaired) electrons. The molecule has 2 aromatic heterocycles. The molecule has 192 valence electrons. The van der Waals surface area contributed by atoms with Gasteiger partial charge in [-0.3, -0.25) is 14.4 Å². The van der Waals surface area contributed by atoms with Crippen molar-refractivity contribution in [1.82, 2.24) is 24.3 Å². The first-order valence-electron chi connectivity index (χ1n) is 12.6. The molecule has 1 aliphatic rings. The van der Waals surface area contributed by atoms with E-state index in [1.807, 2.05) is 36.2 Å². The van der Waals surface area contributed by atoms with Crippen molar-refractivity contribution < 1.29 is 14.7 Å². The zero-order valence-corrected chi connectivity index (χ0v) is 21.5. The Morgan fingerprint density at radius 2 is 2.06 bits per heavy atom. The van der Waals surface area contributed by atoms with Gasteiger partial charge in [0.25, 0.3) is 5.56 Å². The predicted octanol–water partition coefficient (Wildman–Crippen LogP) is 2.92. The normalized spacial score (nSPS) is 16.9. The van der Waals surface area contributed by atoms with E-state index in [1.165, 1.54) is 0 Å². The van der Waals surface area contributed by atoms with Crippen LogP contribution in [0.5, 0.6) is 0 Å². The number of carbonyl (C=O) groups is 2. The number of likely N-dealkylation sites (tertiary alicyclic amines) is 1. The van der Waals surface area contributed by atoms with Gasteiger partial charge in [-0.1, -0.05) is 13.0 Å². The zero-order chi connectivity index (χ0) is 26.0. The lowest BCUT2D eigenvalue weighted by Crippen LogP contribution is -2.39. The Morgan fingerprint density at radius 3 is 2.72 bits per heavy atom. The van der Waals surface area contributed by atoms with E-state index in [0.29, 0.717) is 31.6 Å². The molecule has 1 aromatic carbocycles. The number of hydrogen-bond acceptors (Lipinski definition) is 5. The highest BCUT2D eigenvalue weighted by atomic mass is 16.4. The van der Waals surface area contributed by atoms with Gasteiger partial charge in [-0.25, -0.2) is 4.98 Å². The molecule has 2 N–H and O–H groups in total. The van der Waals surface area contributed by atoms with E-state index in [0.717, 1.165) is 47.4 Å². The molecule has 4 rings (SSSR count). The summed E-state index contributed by atoms with van der Waals surface area (Å²) in [4.78, 5) is 42.6. The molecule has 0 saturated carbocycles. The van der Waals surface area contributed by atoms with Gasteiger partial charge in [0.05, 0.1) is 11.0 Å². The lowest BCUT2D eigenvalue weighted by Gasteiger charge is -2.32. The Bertz CT molecular complexity index is 1320. The van der Waals surface area contributed by atoms with Crippen LogP contribution < -0.4 is 10.9 Å². The molecule has 3 heterocycles. The number of nitrogens with zero attached hydrogens (tertiary/aromatic N) is 4. The molecule has 0 bridgehead atoms. The van der Waals surface area contributed by atoms with Crippen molar-refractivity contribution in [1.29, 1.82) is 0 Å². The standard InChI is InChI=1S/C27H35N5O4/c1-5-22(27(35)36)28-13-19-8-9-23-24(12-19)32(15-20-7-6-10-31(14-20)18(3)33)25(29-23)21-11-17(2)26(34)30(4)16-21/h8-9,11-12,16,20,22,28H,5-7,10,13-15H2,1-4H3,(H,35,36)/t20?,22-/m0/s1. The van der Waals surface area contributed by atoms with Gasteiger partial charge in [0.1, 0.15) is 11.9 Å². The Balaban J connectivity index is 1.75. The van der Waals surface area contributed by atoms with E-state index >= 15 is 0 Å². The van der Waals surface area contributed by atoms with Crippen molar-refractivity contribution in [3.63, 3.8) is 0 Å². The molecule has 0 spiro atoms. The smallest absolute Gasteiger partial charge is 0.320 e. The number of aryl methyl sites for hydroxylation is 2. The van der Waals surface area contributed by atoms with Crippen LogP contribution in [0.15, 0.2) is 35.3 Å². The SMILES string of the molecule is CC[C@H](NCc1ccc2nc(-c3cc(C)c(=O)n(C)c3)n(CC3CCCN(C(C)=O)C3)c2c1)C(=O)O. The second-order valence-electron chi connectivity index (χ2n) is 9.85. The van der Waals surface area contributed by atoms with Crippen LogP contribution in [0.1, 0.15) is 44.2 Å². The van der Waals surface area contributed by atoms with Crippen molar-refractivity contribution in [2.24, 2.45) is 13.0 Å². The highest BCUT2D eigenvalue weighted by Gasteiger charge is 2.24. The van der Waals surface area contributed by atoms with Gasteiger partial charge in [0.2, 0.25) is 5.91 Å². The molecule has 9 heteroatoms. The fourth-order valence-electron chi connectivity index (χ4n) is 5.09. The van der Waals surface area contributed by atoms with E-state index in [9.17, 15) is 19.5 Å². The summed E-state index contributed by atoms with van der Waals surface area (Å²) in [5.41, 5.74) is 4.24. The van der Waals surface area contributed by atoms with Gasteiger partial charge < -0.3 is 24.5 Å². The van der Waals surface area contributed by atoms with Crippen molar-refractivity contribution in [2.45, 2.75) is 59.2 Å². The number of imidazole rings is 1. The number of carboxylic acids is 1. The maximum Gasteiger partial charge on any atom is 0.320 e. The zero-order valence-electron chi connectivity index (χ0n) is 21.5. The van der Waals surface area contributed by atoms with Gasteiger partial charge in [0, 0.05) is 57.5 Å². The third-order valence-corrected chi connectivity index (χ3v) is 7.10. The van der Waals surface area contributed by atoms with Crippen LogP contribution in [0.4, 0.5) is 0 Å². The molecule has 36 heavy (non-hydrogen) atoms. The van der Waals surface area contributed by atoms with Crippen LogP contribution in [0, 0.1) is 12.8 Å². The fraction of sp³-hybridized carbons (Fsp3) is 0.481. The molecule has 9 nitrogen and oxygen atoms in total. The number of fused-ring (bicyclic) bond motifs is 1. The van der Waals surface area contributed by atoms with Crippen LogP contribution in [0.25, 0.3) is 22.4 Å². The van der Waals surface area contributed by atoms with E-state index in [-0.39, 0.29) is 17.4 Å². The molecule has 1 aliphatic heterocycles. The number of carbonyl (C=O) groups excluding carboxylic acids is 1. The minimum absolute atomic E-state index is 0.0388. The summed E-state index contributed by atoms with van der Waals surface area (Å²) in [5, 5.41) is 12.5. The summed E-state index contributed by atoms with van der Waals surface area (Å²) < 4.78 is 3.78. The van der Waals surface area contributed by atoms with Gasteiger partial charge >= 0.3 is 5.97 Å². The average Bonchev–Trinajstić information content (AvgIpc) is 3.20. The molecular weight excluding hydrogens is 458 g/mol. The van der Waals surface area contributed by atoms with E-state index in [1.54, 1.807) is 25.5 Å². The first kappa shape index (κ1) is 25.6. The average molecular weight is 494 g/mol. The van der Waals surface area contributed by atoms with E-state index < -0.39 is 12.0 Å². The van der Waals surface area contributed by atoms with Crippen molar-refractivity contribution in [2.75, 3.05) is 13.1 Å². The third-order valence-electron chi connectivity index (χ3n) is 7.10. The molecule has 1 fully saturated rings. The van der Waals surface area contributed by atoms with Crippen LogP contribution in [-0.2, 0) is 29.7 Å². The fourth-order valence-corrected chi connectivity index (χ4v) is 5.09. The molecule has 1 amide bonds. The summed E-state index contributed by atoms with van der Waals surface area (Å²) >= 11 is 0. The number of amides is 1. The highest BCUT2D eigenvalue weighted by molar-refractivity contribution is 5.81. The van der Waals surface area contributed by atoms with Crippen LogP contribution in [0.2, 0.25) is 0 Å². The third kappa shape index (κ3) is 5.36. The maximum absolute atomic E-state index is 12.3. The van der Waals surface area contributed by atoms with Crippen LogP contribution in [0.3, 0.4) is 0 Å². The Kier molecular flexibility index (Phi) is 7.59. The minimum Gasteiger partial charge on any atom is -0.480 e. The quantitative estimate of drug-likeness (QED) is 0.499. The lowest BCUT2D eigenvalue weighted by atomic mass is 9.97. The van der Waals surface area contributed by atoms with E-state index in [4.69, 9.17) is 4.98 Å². The summed E-state index contributed by atoms with van der Waals surface area (Å²) in [6.45, 7) is 7.90. The number of benzene rings is 1. The van der Waals surface area contributed by atoms with Crippen molar-refractivity contribution >= 4 is 22.9 Å². The molecule has 1 saturated heterocycles. The van der Waals surface area contributed by atoms with Gasteiger partial charge in [-0.05, 0) is 55.9 Å². The monoisotopic (exact) mass is 493 g/mol. The molecule has 0 aliphatic carbocycles. The Labute approximate surface area is 210 Å². The number of aromatic nitrogens is 3. The summed E-state index contributed by atoms with van der Waals surface area (Å²) in [7, 11) is 1.74. The summed E-state index contributed by atoms with van der Waals surface area (Å²) in [6, 6.07) is 7.27. The highest BCUT2D eigenvalue weighted by Crippen LogP contribution is 2.29. The second-order valence-corrected chi connectivity index (χ2v) is 9.85. The Hall–Kier alpha value is -3.46. The number of piperidine rings is 1. The van der Waals surface area contributed by atoms with Gasteiger partial charge in [-0.2, -0.15) is 0 Å². The second kappa shape index (κ2) is 10.7. The number of carboxylic acid groups (broad SMARTS) is 1. The molecule has 3 aromatic rings. The predicted molar refractivity (Wildman–Crippen MR) is 139 cm³/mol. The van der Waals surface area contributed by atoms with E-state index in [2.05, 4.69) is 16.0 Å². The number of hydrogen-bond donors (Lipinski definition) is 2. The topological polar surface area (TPSA) is 109 Å². The number of aliphatic carboxylic acids is 1. The minimum atomic E-state index is -0.858.